The molecule has 1 unspecified atom stereocenters. The Morgan fingerprint density at radius 1 is 1.05 bits per heavy atom. The molecule has 4 heteroatoms. The van der Waals surface area contributed by atoms with E-state index in [0.717, 1.165) is 25.7 Å². The number of fused-ring (bicyclic) bond motifs is 1. The lowest BCUT2D eigenvalue weighted by atomic mass is 9.99. The van der Waals surface area contributed by atoms with E-state index in [0.29, 0.717) is 15.6 Å². The number of halogens is 2. The van der Waals surface area contributed by atoms with Gasteiger partial charge in [-0.3, -0.25) is 4.79 Å². The number of amides is 1. The average Bonchev–Trinajstić information content (AvgIpc) is 2.73. The van der Waals surface area contributed by atoms with Crippen LogP contribution < -0.4 is 5.32 Å². The first-order chi connectivity index (χ1) is 10.7. The number of hydrogen-bond donors (Lipinski definition) is 1. The topological polar surface area (TPSA) is 29.1 Å². The Morgan fingerprint density at radius 3 is 2.73 bits per heavy atom. The summed E-state index contributed by atoms with van der Waals surface area (Å²) in [5.74, 6) is -0.172. The van der Waals surface area contributed by atoms with Crippen molar-refractivity contribution in [2.24, 2.45) is 0 Å². The minimum Gasteiger partial charge on any atom is -0.345 e. The molecule has 1 aliphatic rings. The number of carbonyl (C=O) groups excluding carboxylic acids is 1. The van der Waals surface area contributed by atoms with Crippen LogP contribution in [0.15, 0.2) is 42.5 Å². The Kier molecular flexibility index (Phi) is 4.70. The minimum absolute atomic E-state index is 0.0289. The van der Waals surface area contributed by atoms with Crippen molar-refractivity contribution in [3.8, 4) is 0 Å². The summed E-state index contributed by atoms with van der Waals surface area (Å²) >= 11 is 12.1. The number of rotatable bonds is 2. The number of hydrogen-bond acceptors (Lipinski definition) is 1. The van der Waals surface area contributed by atoms with E-state index >= 15 is 0 Å². The highest BCUT2D eigenvalue weighted by atomic mass is 35.5. The Balaban J connectivity index is 1.86. The summed E-state index contributed by atoms with van der Waals surface area (Å²) in [6, 6.07) is 13.5. The second-order valence-electron chi connectivity index (χ2n) is 5.57. The van der Waals surface area contributed by atoms with Gasteiger partial charge in [-0.2, -0.15) is 0 Å². The lowest BCUT2D eigenvalue weighted by Gasteiger charge is -2.20. The average molecular weight is 334 g/mol. The van der Waals surface area contributed by atoms with E-state index in [1.54, 1.807) is 18.2 Å². The first kappa shape index (κ1) is 15.4. The fourth-order valence-electron chi connectivity index (χ4n) is 2.99. The molecule has 0 saturated carbocycles. The third-order valence-electron chi connectivity index (χ3n) is 4.12. The normalized spacial score (nSPS) is 17.5. The van der Waals surface area contributed by atoms with Gasteiger partial charge in [0, 0.05) is 0 Å². The maximum atomic E-state index is 12.6. The largest absolute Gasteiger partial charge is 0.345 e. The molecule has 1 N–H and O–H groups in total. The van der Waals surface area contributed by atoms with Gasteiger partial charge in [-0.25, -0.2) is 0 Å². The first-order valence-corrected chi connectivity index (χ1v) is 8.25. The van der Waals surface area contributed by atoms with Crippen molar-refractivity contribution in [3.63, 3.8) is 0 Å². The molecule has 22 heavy (non-hydrogen) atoms. The SMILES string of the molecule is O=C(NC1CCCCc2ccccc21)c1cccc(Cl)c1Cl. The molecule has 2 nitrogen and oxygen atoms in total. The summed E-state index contributed by atoms with van der Waals surface area (Å²) in [4.78, 5) is 12.6. The molecule has 0 fully saturated rings. The molecule has 0 heterocycles. The third kappa shape index (κ3) is 3.13. The molecule has 0 bridgehead atoms. The van der Waals surface area contributed by atoms with Gasteiger partial charge in [-0.1, -0.05) is 60.0 Å². The fourth-order valence-corrected chi connectivity index (χ4v) is 3.37. The monoisotopic (exact) mass is 333 g/mol. The van der Waals surface area contributed by atoms with Gasteiger partial charge in [-0.05, 0) is 42.5 Å². The molecule has 0 aromatic heterocycles. The molecule has 0 aliphatic heterocycles. The number of carbonyl (C=O) groups is 1. The Morgan fingerprint density at radius 2 is 1.86 bits per heavy atom. The van der Waals surface area contributed by atoms with Gasteiger partial charge in [0.25, 0.3) is 5.91 Å². The van der Waals surface area contributed by atoms with Crippen molar-refractivity contribution >= 4 is 29.1 Å². The summed E-state index contributed by atoms with van der Waals surface area (Å²) in [6.07, 6.45) is 4.27. The van der Waals surface area contributed by atoms with Crippen molar-refractivity contribution in [1.29, 1.82) is 0 Å². The zero-order chi connectivity index (χ0) is 15.5. The number of nitrogens with one attached hydrogen (secondary N) is 1. The van der Waals surface area contributed by atoms with Gasteiger partial charge in [0.05, 0.1) is 21.7 Å². The van der Waals surface area contributed by atoms with Crippen LogP contribution in [0.4, 0.5) is 0 Å². The van der Waals surface area contributed by atoms with Crippen LogP contribution in [0.25, 0.3) is 0 Å². The molecule has 1 amide bonds. The van der Waals surface area contributed by atoms with Crippen LogP contribution in [0.5, 0.6) is 0 Å². The smallest absolute Gasteiger partial charge is 0.253 e. The van der Waals surface area contributed by atoms with E-state index in [1.165, 1.54) is 11.1 Å². The van der Waals surface area contributed by atoms with E-state index in [-0.39, 0.29) is 11.9 Å². The van der Waals surface area contributed by atoms with Crippen LogP contribution in [0.1, 0.15) is 46.8 Å². The summed E-state index contributed by atoms with van der Waals surface area (Å²) in [5.41, 5.74) is 2.96. The Hall–Kier alpha value is -1.51. The Bertz CT molecular complexity index is 699. The third-order valence-corrected chi connectivity index (χ3v) is 4.94. The van der Waals surface area contributed by atoms with Crippen molar-refractivity contribution in [2.75, 3.05) is 0 Å². The van der Waals surface area contributed by atoms with Gasteiger partial charge in [0.2, 0.25) is 0 Å². The summed E-state index contributed by atoms with van der Waals surface area (Å²) in [5, 5.41) is 3.82. The predicted octanol–water partition coefficient (Wildman–Crippen LogP) is 5.19. The van der Waals surface area contributed by atoms with Crippen molar-refractivity contribution in [1.82, 2.24) is 5.32 Å². The molecule has 1 aliphatic carbocycles. The highest BCUT2D eigenvalue weighted by Gasteiger charge is 2.22. The lowest BCUT2D eigenvalue weighted by Crippen LogP contribution is -2.29. The molecule has 114 valence electrons. The number of benzene rings is 2. The van der Waals surface area contributed by atoms with Gasteiger partial charge in [-0.15, -0.1) is 0 Å². The number of aryl methyl sites for hydroxylation is 1. The van der Waals surface area contributed by atoms with Crippen LogP contribution in [-0.4, -0.2) is 5.91 Å². The van der Waals surface area contributed by atoms with Crippen LogP contribution in [0.3, 0.4) is 0 Å². The molecular formula is C18H17Cl2NO. The summed E-state index contributed by atoms with van der Waals surface area (Å²) < 4.78 is 0. The van der Waals surface area contributed by atoms with Crippen molar-refractivity contribution in [3.05, 3.63) is 69.2 Å². The van der Waals surface area contributed by atoms with Crippen molar-refractivity contribution < 1.29 is 4.79 Å². The van der Waals surface area contributed by atoms with E-state index in [9.17, 15) is 4.79 Å². The van der Waals surface area contributed by atoms with Gasteiger partial charge in [0.1, 0.15) is 0 Å². The molecule has 2 aromatic rings. The molecule has 0 radical (unpaired) electrons. The molecular weight excluding hydrogens is 317 g/mol. The predicted molar refractivity (Wildman–Crippen MR) is 90.7 cm³/mol. The summed E-state index contributed by atoms with van der Waals surface area (Å²) in [6.45, 7) is 0. The molecule has 3 rings (SSSR count). The van der Waals surface area contributed by atoms with Gasteiger partial charge in [0.15, 0.2) is 0 Å². The zero-order valence-electron chi connectivity index (χ0n) is 12.1. The van der Waals surface area contributed by atoms with E-state index < -0.39 is 0 Å². The van der Waals surface area contributed by atoms with Crippen LogP contribution >= 0.6 is 23.2 Å². The standard InChI is InChI=1S/C18H17Cl2NO/c19-15-10-5-9-14(17(15)20)18(22)21-16-11-4-2-7-12-6-1-3-8-13(12)16/h1,3,5-6,8-10,16H,2,4,7,11H2,(H,21,22). The van der Waals surface area contributed by atoms with E-state index in [1.807, 2.05) is 6.07 Å². The second kappa shape index (κ2) is 6.72. The first-order valence-electron chi connectivity index (χ1n) is 7.49. The maximum absolute atomic E-state index is 12.6. The Labute approximate surface area is 140 Å². The van der Waals surface area contributed by atoms with Crippen LogP contribution in [0, 0.1) is 0 Å². The molecule has 2 aromatic carbocycles. The zero-order valence-corrected chi connectivity index (χ0v) is 13.6. The van der Waals surface area contributed by atoms with E-state index in [4.69, 9.17) is 23.2 Å². The van der Waals surface area contributed by atoms with Crippen LogP contribution in [0.2, 0.25) is 10.0 Å². The lowest BCUT2D eigenvalue weighted by molar-refractivity contribution is 0.0934. The highest BCUT2D eigenvalue weighted by molar-refractivity contribution is 6.43. The summed E-state index contributed by atoms with van der Waals surface area (Å²) in [7, 11) is 0. The van der Waals surface area contributed by atoms with Crippen LogP contribution in [-0.2, 0) is 6.42 Å². The molecule has 0 saturated heterocycles. The minimum atomic E-state index is -0.172. The maximum Gasteiger partial charge on any atom is 0.253 e. The van der Waals surface area contributed by atoms with Crippen molar-refractivity contribution in [2.45, 2.75) is 31.7 Å². The highest BCUT2D eigenvalue weighted by Crippen LogP contribution is 2.30. The molecule has 0 spiro atoms. The van der Waals surface area contributed by atoms with E-state index in [2.05, 4.69) is 23.5 Å². The quantitative estimate of drug-likeness (QED) is 0.752. The second-order valence-corrected chi connectivity index (χ2v) is 6.36. The van der Waals surface area contributed by atoms with Gasteiger partial charge < -0.3 is 5.32 Å². The fraction of sp³-hybridized carbons (Fsp3) is 0.278. The molecule has 1 atom stereocenters. The van der Waals surface area contributed by atoms with Gasteiger partial charge >= 0.3 is 0 Å².